The fraction of sp³-hybridized carbons (Fsp3) is 0.650. The minimum atomic E-state index is 0. The van der Waals surface area contributed by atoms with Gasteiger partial charge in [-0.05, 0) is 18.1 Å². The monoisotopic (exact) mass is 506 g/mol. The van der Waals surface area contributed by atoms with Gasteiger partial charge in [-0.15, -0.1) is 24.0 Å². The number of nitrogens with one attached hydrogen (secondary N) is 2. The minimum absolute atomic E-state index is 0. The fourth-order valence-corrected chi connectivity index (χ4v) is 3.05. The van der Waals surface area contributed by atoms with Crippen LogP contribution >= 0.6 is 24.0 Å². The van der Waals surface area contributed by atoms with Crippen LogP contribution in [-0.2, 0) is 4.74 Å². The third-order valence-corrected chi connectivity index (χ3v) is 4.27. The number of morpholine rings is 1. The van der Waals surface area contributed by atoms with Gasteiger partial charge in [0, 0.05) is 39.3 Å². The van der Waals surface area contributed by atoms with Crippen molar-refractivity contribution in [3.63, 3.8) is 0 Å². The molecule has 1 fully saturated rings. The average Bonchev–Trinajstić information content (AvgIpc) is 2.67. The predicted octanol–water partition coefficient (Wildman–Crippen LogP) is 2.21. The van der Waals surface area contributed by atoms with E-state index in [0.29, 0.717) is 19.1 Å². The molecule has 8 heteroatoms. The molecule has 0 aliphatic carbocycles. The van der Waals surface area contributed by atoms with E-state index >= 15 is 0 Å². The highest BCUT2D eigenvalue weighted by Crippen LogP contribution is 2.18. The van der Waals surface area contributed by atoms with Crippen LogP contribution in [0.1, 0.15) is 13.8 Å². The molecule has 2 N–H and O–H groups in total. The zero-order valence-corrected chi connectivity index (χ0v) is 19.8. The van der Waals surface area contributed by atoms with Crippen LogP contribution in [0, 0.1) is 5.92 Å². The summed E-state index contributed by atoms with van der Waals surface area (Å²) in [5, 5.41) is 6.61. The largest absolute Gasteiger partial charge is 0.497 e. The van der Waals surface area contributed by atoms with Crippen molar-refractivity contribution in [1.82, 2.24) is 15.5 Å². The lowest BCUT2D eigenvalue weighted by Gasteiger charge is -2.34. The summed E-state index contributed by atoms with van der Waals surface area (Å²) in [6, 6.07) is 7.59. The number of ether oxygens (including phenoxy) is 3. The Morgan fingerprint density at radius 3 is 2.82 bits per heavy atom. The van der Waals surface area contributed by atoms with Gasteiger partial charge in [0.05, 0.1) is 26.4 Å². The molecule has 1 aliphatic heterocycles. The molecule has 0 spiro atoms. The van der Waals surface area contributed by atoms with E-state index in [2.05, 4.69) is 34.4 Å². The Bertz CT molecular complexity index is 586. The second kappa shape index (κ2) is 13.8. The first kappa shape index (κ1) is 24.8. The number of nitrogens with zero attached hydrogens (tertiary/aromatic N) is 2. The van der Waals surface area contributed by atoms with Gasteiger partial charge < -0.3 is 24.8 Å². The Kier molecular flexibility index (Phi) is 12.2. The molecule has 1 aromatic carbocycles. The molecule has 1 heterocycles. The number of guanidine groups is 1. The molecule has 0 amide bonds. The Morgan fingerprint density at radius 2 is 2.11 bits per heavy atom. The van der Waals surface area contributed by atoms with Crippen molar-refractivity contribution in [1.29, 1.82) is 0 Å². The summed E-state index contributed by atoms with van der Waals surface area (Å²) in [4.78, 5) is 6.73. The van der Waals surface area contributed by atoms with Gasteiger partial charge in [-0.3, -0.25) is 9.89 Å². The fourth-order valence-electron chi connectivity index (χ4n) is 3.05. The summed E-state index contributed by atoms with van der Waals surface area (Å²) in [6.07, 6.45) is 0.184. The van der Waals surface area contributed by atoms with Crippen LogP contribution in [0.2, 0.25) is 0 Å². The van der Waals surface area contributed by atoms with Gasteiger partial charge in [0.2, 0.25) is 0 Å². The maximum Gasteiger partial charge on any atom is 0.191 e. The third-order valence-electron chi connectivity index (χ3n) is 4.27. The lowest BCUT2D eigenvalue weighted by atomic mass is 10.2. The third kappa shape index (κ3) is 9.29. The molecule has 7 nitrogen and oxygen atoms in total. The quantitative estimate of drug-likeness (QED) is 0.232. The van der Waals surface area contributed by atoms with E-state index in [1.165, 1.54) is 0 Å². The van der Waals surface area contributed by atoms with E-state index in [1.54, 1.807) is 14.2 Å². The Hall–Kier alpha value is -1.26. The van der Waals surface area contributed by atoms with Gasteiger partial charge in [-0.1, -0.05) is 19.9 Å². The van der Waals surface area contributed by atoms with Crippen LogP contribution in [0.3, 0.4) is 0 Å². The van der Waals surface area contributed by atoms with Crippen LogP contribution in [0.15, 0.2) is 29.3 Å². The van der Waals surface area contributed by atoms with Gasteiger partial charge >= 0.3 is 0 Å². The number of benzene rings is 1. The van der Waals surface area contributed by atoms with Crippen molar-refractivity contribution in [2.75, 3.05) is 60.1 Å². The van der Waals surface area contributed by atoms with Crippen molar-refractivity contribution in [3.8, 4) is 11.5 Å². The second-order valence-corrected chi connectivity index (χ2v) is 7.05. The Morgan fingerprint density at radius 1 is 1.32 bits per heavy atom. The molecular formula is C20H35IN4O3. The molecule has 0 aromatic heterocycles. The van der Waals surface area contributed by atoms with Crippen LogP contribution in [0.5, 0.6) is 11.5 Å². The lowest BCUT2D eigenvalue weighted by Crippen LogP contribution is -2.50. The normalized spacial score (nSPS) is 17.8. The number of hydrogen-bond acceptors (Lipinski definition) is 5. The van der Waals surface area contributed by atoms with Gasteiger partial charge in [0.15, 0.2) is 5.96 Å². The van der Waals surface area contributed by atoms with Crippen LogP contribution in [0.4, 0.5) is 0 Å². The van der Waals surface area contributed by atoms with E-state index < -0.39 is 0 Å². The van der Waals surface area contributed by atoms with Crippen molar-refractivity contribution in [3.05, 3.63) is 24.3 Å². The topological polar surface area (TPSA) is 67.4 Å². The smallest absolute Gasteiger partial charge is 0.191 e. The van der Waals surface area contributed by atoms with Crippen molar-refractivity contribution >= 4 is 29.9 Å². The van der Waals surface area contributed by atoms with Crippen molar-refractivity contribution in [2.45, 2.75) is 20.0 Å². The summed E-state index contributed by atoms with van der Waals surface area (Å²) in [5.74, 6) is 3.02. The molecular weight excluding hydrogens is 471 g/mol. The molecule has 1 atom stereocenters. The number of rotatable bonds is 9. The number of hydrogen-bond donors (Lipinski definition) is 2. The van der Waals surface area contributed by atoms with Gasteiger partial charge in [0.1, 0.15) is 18.1 Å². The first-order valence-electron chi connectivity index (χ1n) is 9.66. The molecule has 2 rings (SSSR count). The molecule has 1 saturated heterocycles. The molecule has 0 bridgehead atoms. The number of halogens is 1. The van der Waals surface area contributed by atoms with Crippen molar-refractivity contribution in [2.24, 2.45) is 10.9 Å². The van der Waals surface area contributed by atoms with E-state index in [0.717, 1.165) is 50.2 Å². The van der Waals surface area contributed by atoms with E-state index in [-0.39, 0.29) is 30.1 Å². The maximum absolute atomic E-state index is 5.87. The zero-order chi connectivity index (χ0) is 19.5. The van der Waals surface area contributed by atoms with Crippen LogP contribution in [0.25, 0.3) is 0 Å². The zero-order valence-electron chi connectivity index (χ0n) is 17.4. The predicted molar refractivity (Wildman–Crippen MR) is 124 cm³/mol. The standard InChI is InChI=1S/C20H34N4O3.HI/c1-16(2)14-24-9-11-27-19(15-24)13-23-20(21-3)22-8-10-26-18-7-5-6-17(12-18)25-4;/h5-7,12,16,19H,8-11,13-15H2,1-4H3,(H2,21,22,23);1H. The summed E-state index contributed by atoms with van der Waals surface area (Å²) in [5.41, 5.74) is 0. The highest BCUT2D eigenvalue weighted by molar-refractivity contribution is 14.0. The second-order valence-electron chi connectivity index (χ2n) is 7.05. The molecule has 1 unspecified atom stereocenters. The number of aliphatic imine (C=N–C) groups is 1. The summed E-state index contributed by atoms with van der Waals surface area (Å²) in [6.45, 7) is 10.3. The Labute approximate surface area is 186 Å². The van der Waals surface area contributed by atoms with Crippen LogP contribution < -0.4 is 20.1 Å². The summed E-state index contributed by atoms with van der Waals surface area (Å²) in [7, 11) is 3.42. The Balaban J connectivity index is 0.00000392. The van der Waals surface area contributed by atoms with Crippen molar-refractivity contribution < 1.29 is 14.2 Å². The first-order valence-corrected chi connectivity index (χ1v) is 9.66. The summed E-state index contributed by atoms with van der Waals surface area (Å²) >= 11 is 0. The molecule has 0 saturated carbocycles. The maximum atomic E-state index is 5.87. The first-order chi connectivity index (χ1) is 13.1. The van der Waals surface area contributed by atoms with Gasteiger partial charge in [-0.25, -0.2) is 0 Å². The van der Waals surface area contributed by atoms with E-state index in [1.807, 2.05) is 24.3 Å². The number of methoxy groups -OCH3 is 1. The van der Waals surface area contributed by atoms with Gasteiger partial charge in [0.25, 0.3) is 0 Å². The van der Waals surface area contributed by atoms with Gasteiger partial charge in [-0.2, -0.15) is 0 Å². The highest BCUT2D eigenvalue weighted by atomic mass is 127. The molecule has 1 aromatic rings. The molecule has 28 heavy (non-hydrogen) atoms. The highest BCUT2D eigenvalue weighted by Gasteiger charge is 2.20. The SMILES string of the molecule is CN=C(NCCOc1cccc(OC)c1)NCC1CN(CC(C)C)CCO1.I. The minimum Gasteiger partial charge on any atom is -0.497 e. The molecule has 0 radical (unpaired) electrons. The average molecular weight is 506 g/mol. The van der Waals surface area contributed by atoms with E-state index in [4.69, 9.17) is 14.2 Å². The molecule has 160 valence electrons. The van der Waals surface area contributed by atoms with E-state index in [9.17, 15) is 0 Å². The lowest BCUT2D eigenvalue weighted by molar-refractivity contribution is -0.0284. The summed E-state index contributed by atoms with van der Waals surface area (Å²) < 4.78 is 16.8. The molecule has 1 aliphatic rings. The van der Waals surface area contributed by atoms with Crippen LogP contribution in [-0.4, -0.2) is 77.1 Å².